The molecule has 0 heterocycles. The maximum Gasteiger partial charge on any atom is 0.160 e. The first-order chi connectivity index (χ1) is 4.73. The molecule has 3 heteroatoms. The van der Waals surface area contributed by atoms with Gasteiger partial charge in [0.2, 0.25) is 0 Å². The Kier molecular flexibility index (Phi) is 5.38. The fourth-order valence-corrected chi connectivity index (χ4v) is 0.385. The van der Waals surface area contributed by atoms with Crippen LogP contribution in [0.5, 0.6) is 0 Å². The molecule has 0 spiro atoms. The van der Waals surface area contributed by atoms with E-state index >= 15 is 0 Å². The number of benzene rings is 1. The van der Waals surface area contributed by atoms with Crippen molar-refractivity contribution in [1.29, 1.82) is 0 Å². The summed E-state index contributed by atoms with van der Waals surface area (Å²) >= 11 is 4.09. The monoisotopic (exact) mass is 154 g/mol. The number of hydrogen-bond donors (Lipinski definition) is 2. The molecule has 0 fully saturated rings. The molecule has 0 aromatic heterocycles. The Bertz CT molecular complexity index is 144. The van der Waals surface area contributed by atoms with E-state index in [4.69, 9.17) is 0 Å². The first-order valence-corrected chi connectivity index (χ1v) is 3.19. The second-order valence-electron chi connectivity index (χ2n) is 1.56. The summed E-state index contributed by atoms with van der Waals surface area (Å²) in [7, 11) is 0. The Labute approximate surface area is 65.8 Å². The van der Waals surface area contributed by atoms with Gasteiger partial charge in [-0.3, -0.25) is 0 Å². The quantitative estimate of drug-likeness (QED) is 0.545. The third kappa shape index (κ3) is 10.0. The van der Waals surface area contributed by atoms with Gasteiger partial charge in [-0.2, -0.15) is 0 Å². The van der Waals surface area contributed by atoms with E-state index in [1.165, 1.54) is 0 Å². The van der Waals surface area contributed by atoms with Crippen LogP contribution in [-0.2, 0) is 0 Å². The average Bonchev–Trinajstić information content (AvgIpc) is 1.90. The minimum atomic E-state index is 0.000000000000000222. The Balaban J connectivity index is 0.000000180. The highest BCUT2D eigenvalue weighted by molar-refractivity contribution is 7.80. The van der Waals surface area contributed by atoms with Crippen molar-refractivity contribution < 1.29 is 0 Å². The summed E-state index contributed by atoms with van der Waals surface area (Å²) in [5, 5.41) is 0.000000000000000222. The molecule has 0 aliphatic heterocycles. The zero-order valence-corrected chi connectivity index (χ0v) is 6.34. The summed E-state index contributed by atoms with van der Waals surface area (Å²) < 4.78 is 0. The first kappa shape index (κ1) is 8.91. The topological polar surface area (TPSA) is 52.0 Å². The van der Waals surface area contributed by atoms with Gasteiger partial charge in [-0.1, -0.05) is 36.4 Å². The van der Waals surface area contributed by atoms with Crippen LogP contribution in [-0.4, -0.2) is 5.11 Å². The van der Waals surface area contributed by atoms with E-state index in [2.05, 4.69) is 23.7 Å². The summed E-state index contributed by atoms with van der Waals surface area (Å²) in [6, 6.07) is 12.0. The van der Waals surface area contributed by atoms with Crippen LogP contribution in [0, 0.1) is 0 Å². The molecular formula is C7H10N2S. The van der Waals surface area contributed by atoms with E-state index in [0.717, 1.165) is 0 Å². The predicted molar refractivity (Wildman–Crippen MR) is 47.4 cm³/mol. The molecule has 0 amide bonds. The van der Waals surface area contributed by atoms with Crippen molar-refractivity contribution in [2.75, 3.05) is 0 Å². The van der Waals surface area contributed by atoms with Crippen molar-refractivity contribution in [3.8, 4) is 0 Å². The predicted octanol–water partition coefficient (Wildman–Crippen LogP) is 0.875. The fraction of sp³-hybridized carbons (Fsp3) is 0. The highest BCUT2D eigenvalue weighted by Crippen LogP contribution is 1.79. The van der Waals surface area contributed by atoms with Gasteiger partial charge in [0, 0.05) is 0 Å². The molecular weight excluding hydrogens is 144 g/mol. The van der Waals surface area contributed by atoms with E-state index in [1.807, 2.05) is 36.4 Å². The Morgan fingerprint density at radius 2 is 0.900 bits per heavy atom. The van der Waals surface area contributed by atoms with Crippen LogP contribution >= 0.6 is 12.2 Å². The van der Waals surface area contributed by atoms with Crippen LogP contribution in [0.15, 0.2) is 36.4 Å². The molecule has 10 heavy (non-hydrogen) atoms. The van der Waals surface area contributed by atoms with Crippen molar-refractivity contribution in [3.63, 3.8) is 0 Å². The highest BCUT2D eigenvalue weighted by Gasteiger charge is 1.57. The molecule has 0 saturated heterocycles. The Morgan fingerprint density at radius 3 is 1.00 bits per heavy atom. The van der Waals surface area contributed by atoms with Crippen LogP contribution in [0.3, 0.4) is 0 Å². The number of nitrogens with two attached hydrogens (primary N) is 2. The second kappa shape index (κ2) is 6.04. The molecule has 2 nitrogen and oxygen atoms in total. The lowest BCUT2D eigenvalue weighted by molar-refractivity contribution is 1.65. The van der Waals surface area contributed by atoms with Crippen molar-refractivity contribution >= 4 is 17.3 Å². The molecule has 0 atom stereocenters. The molecule has 54 valence electrons. The van der Waals surface area contributed by atoms with Gasteiger partial charge in [0.1, 0.15) is 0 Å². The van der Waals surface area contributed by atoms with Gasteiger partial charge in [0.15, 0.2) is 5.11 Å². The molecule has 0 aliphatic carbocycles. The van der Waals surface area contributed by atoms with Crippen LogP contribution in [0.1, 0.15) is 0 Å². The third-order valence-corrected chi connectivity index (χ3v) is 0.667. The fourth-order valence-electron chi connectivity index (χ4n) is 0.385. The van der Waals surface area contributed by atoms with Gasteiger partial charge in [0.25, 0.3) is 0 Å². The lowest BCUT2D eigenvalue weighted by Gasteiger charge is -1.69. The molecule has 0 unspecified atom stereocenters. The zero-order chi connectivity index (χ0) is 7.82. The van der Waals surface area contributed by atoms with E-state index in [0.29, 0.717) is 0 Å². The summed E-state index contributed by atoms with van der Waals surface area (Å²) in [4.78, 5) is 0. The summed E-state index contributed by atoms with van der Waals surface area (Å²) in [6.45, 7) is 0. The number of hydrogen-bond acceptors (Lipinski definition) is 1. The minimum absolute atomic E-state index is 0.000000000000000222. The SMILES string of the molecule is NC(N)=S.c1ccccc1. The zero-order valence-electron chi connectivity index (χ0n) is 5.53. The Hall–Kier alpha value is -1.09. The second-order valence-corrected chi connectivity index (χ2v) is 2.03. The van der Waals surface area contributed by atoms with E-state index in [9.17, 15) is 0 Å². The van der Waals surface area contributed by atoms with Gasteiger partial charge in [-0.05, 0) is 12.2 Å². The number of thiocarbonyl (C=S) groups is 1. The lowest BCUT2D eigenvalue weighted by Crippen LogP contribution is -2.18. The summed E-state index contributed by atoms with van der Waals surface area (Å²) in [6.07, 6.45) is 0. The summed E-state index contributed by atoms with van der Waals surface area (Å²) in [5.74, 6) is 0. The van der Waals surface area contributed by atoms with Crippen molar-refractivity contribution in [1.82, 2.24) is 0 Å². The molecule has 0 bridgehead atoms. The third-order valence-electron chi connectivity index (χ3n) is 0.667. The van der Waals surface area contributed by atoms with Gasteiger partial charge in [-0.25, -0.2) is 0 Å². The van der Waals surface area contributed by atoms with E-state index < -0.39 is 0 Å². The first-order valence-electron chi connectivity index (χ1n) is 2.78. The minimum Gasteiger partial charge on any atom is -0.377 e. The molecule has 1 aromatic carbocycles. The molecule has 0 aliphatic rings. The smallest absolute Gasteiger partial charge is 0.160 e. The van der Waals surface area contributed by atoms with Crippen LogP contribution in [0.25, 0.3) is 0 Å². The Morgan fingerprint density at radius 1 is 0.800 bits per heavy atom. The molecule has 0 saturated carbocycles. The maximum absolute atomic E-state index is 4.62. The van der Waals surface area contributed by atoms with Crippen molar-refractivity contribution in [3.05, 3.63) is 36.4 Å². The largest absolute Gasteiger partial charge is 0.377 e. The number of rotatable bonds is 0. The average molecular weight is 154 g/mol. The van der Waals surface area contributed by atoms with Gasteiger partial charge in [-0.15, -0.1) is 0 Å². The van der Waals surface area contributed by atoms with Gasteiger partial charge < -0.3 is 11.5 Å². The van der Waals surface area contributed by atoms with Crippen LogP contribution < -0.4 is 11.5 Å². The molecule has 1 rings (SSSR count). The van der Waals surface area contributed by atoms with E-state index in [-0.39, 0.29) is 5.11 Å². The van der Waals surface area contributed by atoms with Crippen molar-refractivity contribution in [2.24, 2.45) is 11.5 Å². The van der Waals surface area contributed by atoms with Crippen molar-refractivity contribution in [2.45, 2.75) is 0 Å². The van der Waals surface area contributed by atoms with Crippen LogP contribution in [0.4, 0.5) is 0 Å². The normalized spacial score (nSPS) is 7.20. The molecule has 1 aromatic rings. The molecule has 0 radical (unpaired) electrons. The van der Waals surface area contributed by atoms with E-state index in [1.54, 1.807) is 0 Å². The standard InChI is InChI=1S/C6H6.CH4N2S/c1-2-4-6-5-3-1;2-1(3)4/h1-6H;(H4,2,3,4). The maximum atomic E-state index is 4.62. The summed E-state index contributed by atoms with van der Waals surface area (Å²) in [5.41, 5.74) is 9.24. The van der Waals surface area contributed by atoms with Crippen LogP contribution in [0.2, 0.25) is 0 Å². The molecule has 4 N–H and O–H groups in total. The highest BCUT2D eigenvalue weighted by atomic mass is 32.1. The van der Waals surface area contributed by atoms with Gasteiger partial charge >= 0.3 is 0 Å². The lowest BCUT2D eigenvalue weighted by atomic mass is 10.4. The van der Waals surface area contributed by atoms with Gasteiger partial charge in [0.05, 0.1) is 0 Å².